The highest BCUT2D eigenvalue weighted by Gasteiger charge is 2.05. The van der Waals surface area contributed by atoms with Gasteiger partial charge >= 0.3 is 12.1 Å². The van der Waals surface area contributed by atoms with Crippen LogP contribution < -0.4 is 5.32 Å². The van der Waals surface area contributed by atoms with Crippen molar-refractivity contribution >= 4 is 12.1 Å². The molecule has 1 rings (SSSR count). The van der Waals surface area contributed by atoms with Crippen molar-refractivity contribution in [1.29, 1.82) is 0 Å². The molecule has 102 valence electrons. The smallest absolute Gasteiger partial charge is 0.411 e. The van der Waals surface area contributed by atoms with E-state index in [2.05, 4.69) is 10.3 Å². The van der Waals surface area contributed by atoms with Crippen molar-refractivity contribution < 1.29 is 19.1 Å². The lowest BCUT2D eigenvalue weighted by atomic mass is 10.3. The number of nitrogens with zero attached hydrogens (tertiary/aromatic N) is 1. The number of nitrogens with one attached hydrogen (secondary N) is 1. The first-order chi connectivity index (χ1) is 9.11. The number of hydrogen-bond donors (Lipinski definition) is 1. The molecule has 0 aliphatic heterocycles. The summed E-state index contributed by atoms with van der Waals surface area (Å²) in [5.41, 5.74) is 1.19. The van der Waals surface area contributed by atoms with E-state index in [-0.39, 0.29) is 13.2 Å². The van der Waals surface area contributed by atoms with E-state index in [1.54, 1.807) is 38.4 Å². The second-order valence-electron chi connectivity index (χ2n) is 3.64. The molecule has 0 fully saturated rings. The van der Waals surface area contributed by atoms with E-state index < -0.39 is 12.1 Å². The predicted molar refractivity (Wildman–Crippen MR) is 67.9 cm³/mol. The largest absolute Gasteiger partial charge is 0.463 e. The number of alkyl carbamates (subject to hydrolysis) is 1. The van der Waals surface area contributed by atoms with E-state index in [9.17, 15) is 9.59 Å². The summed E-state index contributed by atoms with van der Waals surface area (Å²) in [4.78, 5) is 26.4. The van der Waals surface area contributed by atoms with E-state index in [1.807, 2.05) is 0 Å². The Balaban J connectivity index is 2.37. The van der Waals surface area contributed by atoms with Crippen molar-refractivity contribution in [3.05, 3.63) is 41.9 Å². The lowest BCUT2D eigenvalue weighted by molar-refractivity contribution is -0.137. The molecule has 0 saturated carbocycles. The van der Waals surface area contributed by atoms with Gasteiger partial charge in [0.15, 0.2) is 0 Å². The summed E-state index contributed by atoms with van der Waals surface area (Å²) in [5, 5.41) is 2.42. The SMILES string of the molecule is CCOC(=O)/C=C(/C)NC(=O)OCc1ccncc1. The van der Waals surface area contributed by atoms with Crippen LogP contribution >= 0.6 is 0 Å². The normalized spacial score (nSPS) is 10.7. The van der Waals surface area contributed by atoms with Crippen LogP contribution in [0.25, 0.3) is 0 Å². The molecule has 0 spiro atoms. The Kier molecular flexibility index (Phi) is 6.08. The van der Waals surface area contributed by atoms with Gasteiger partial charge in [-0.15, -0.1) is 0 Å². The first-order valence-electron chi connectivity index (χ1n) is 5.79. The first kappa shape index (κ1) is 14.7. The Hall–Kier alpha value is -2.37. The minimum absolute atomic E-state index is 0.140. The molecule has 0 aliphatic carbocycles. The summed E-state index contributed by atoms with van der Waals surface area (Å²) < 4.78 is 9.68. The van der Waals surface area contributed by atoms with Crippen molar-refractivity contribution in [1.82, 2.24) is 10.3 Å². The van der Waals surface area contributed by atoms with E-state index in [1.165, 1.54) is 6.08 Å². The van der Waals surface area contributed by atoms with E-state index in [0.29, 0.717) is 5.70 Å². The van der Waals surface area contributed by atoms with Crippen LogP contribution in [0.15, 0.2) is 36.3 Å². The molecule has 1 aromatic heterocycles. The van der Waals surface area contributed by atoms with Crippen LogP contribution in [-0.2, 0) is 20.9 Å². The summed E-state index contributed by atoms with van der Waals surface area (Å²) in [6.07, 6.45) is 3.79. The number of carbonyl (C=O) groups is 2. The third kappa shape index (κ3) is 6.21. The predicted octanol–water partition coefficient (Wildman–Crippen LogP) is 1.77. The Morgan fingerprint density at radius 1 is 1.32 bits per heavy atom. The number of carbonyl (C=O) groups excluding carboxylic acids is 2. The van der Waals surface area contributed by atoms with Crippen LogP contribution in [-0.4, -0.2) is 23.7 Å². The highest BCUT2D eigenvalue weighted by Crippen LogP contribution is 1.99. The number of allylic oxidation sites excluding steroid dienone is 1. The van der Waals surface area contributed by atoms with Crippen molar-refractivity contribution in [3.8, 4) is 0 Å². The number of hydrogen-bond acceptors (Lipinski definition) is 5. The van der Waals surface area contributed by atoms with Crippen LogP contribution in [0.1, 0.15) is 19.4 Å². The molecule has 0 bridgehead atoms. The summed E-state index contributed by atoms with van der Waals surface area (Å²) in [5.74, 6) is -0.505. The van der Waals surface area contributed by atoms with Gasteiger partial charge in [-0.3, -0.25) is 10.3 Å². The quantitative estimate of drug-likeness (QED) is 0.648. The van der Waals surface area contributed by atoms with Crippen LogP contribution in [0.3, 0.4) is 0 Å². The molecule has 1 N–H and O–H groups in total. The number of rotatable bonds is 5. The molecular formula is C13H16N2O4. The maximum atomic E-state index is 11.4. The van der Waals surface area contributed by atoms with Crippen LogP contribution in [0.2, 0.25) is 0 Å². The number of amides is 1. The number of esters is 1. The van der Waals surface area contributed by atoms with Crippen molar-refractivity contribution in [2.24, 2.45) is 0 Å². The molecule has 0 atom stereocenters. The van der Waals surface area contributed by atoms with Gasteiger partial charge in [0, 0.05) is 24.2 Å². The molecule has 1 heterocycles. The second-order valence-corrected chi connectivity index (χ2v) is 3.64. The van der Waals surface area contributed by atoms with Gasteiger partial charge in [-0.1, -0.05) is 0 Å². The molecule has 0 saturated heterocycles. The fourth-order valence-electron chi connectivity index (χ4n) is 1.22. The molecule has 6 heteroatoms. The number of pyridine rings is 1. The highest BCUT2D eigenvalue weighted by atomic mass is 16.5. The molecule has 19 heavy (non-hydrogen) atoms. The monoisotopic (exact) mass is 264 g/mol. The summed E-state index contributed by atoms with van der Waals surface area (Å²) in [6, 6.07) is 3.49. The zero-order valence-electron chi connectivity index (χ0n) is 10.9. The topological polar surface area (TPSA) is 77.5 Å². The molecule has 1 aromatic rings. The Labute approximate surface area is 111 Å². The summed E-state index contributed by atoms with van der Waals surface area (Å²) in [7, 11) is 0. The van der Waals surface area contributed by atoms with Gasteiger partial charge < -0.3 is 9.47 Å². The average Bonchev–Trinajstić information content (AvgIpc) is 2.37. The fraction of sp³-hybridized carbons (Fsp3) is 0.308. The Morgan fingerprint density at radius 2 is 2.00 bits per heavy atom. The third-order valence-corrected chi connectivity index (χ3v) is 2.04. The minimum atomic E-state index is -0.630. The zero-order chi connectivity index (χ0) is 14.1. The number of ether oxygens (including phenoxy) is 2. The van der Waals surface area contributed by atoms with Crippen molar-refractivity contribution in [2.75, 3.05) is 6.61 Å². The lowest BCUT2D eigenvalue weighted by Gasteiger charge is -2.07. The van der Waals surface area contributed by atoms with E-state index in [4.69, 9.17) is 9.47 Å². The average molecular weight is 264 g/mol. The fourth-order valence-corrected chi connectivity index (χ4v) is 1.22. The van der Waals surface area contributed by atoms with Gasteiger partial charge in [0.1, 0.15) is 6.61 Å². The lowest BCUT2D eigenvalue weighted by Crippen LogP contribution is -2.23. The molecule has 0 unspecified atom stereocenters. The van der Waals surface area contributed by atoms with Crippen LogP contribution in [0.4, 0.5) is 4.79 Å². The van der Waals surface area contributed by atoms with E-state index >= 15 is 0 Å². The van der Waals surface area contributed by atoms with Crippen molar-refractivity contribution in [3.63, 3.8) is 0 Å². The molecular weight excluding hydrogens is 248 g/mol. The maximum absolute atomic E-state index is 11.4. The van der Waals surface area contributed by atoms with Gasteiger partial charge in [0.05, 0.1) is 6.61 Å². The standard InChI is InChI=1S/C13H16N2O4/c1-3-18-12(16)8-10(2)15-13(17)19-9-11-4-6-14-7-5-11/h4-8H,3,9H2,1-2H3,(H,15,17)/b10-8-. The van der Waals surface area contributed by atoms with Gasteiger partial charge in [0.2, 0.25) is 0 Å². The minimum Gasteiger partial charge on any atom is -0.463 e. The van der Waals surface area contributed by atoms with Gasteiger partial charge in [-0.25, -0.2) is 9.59 Å². The number of aromatic nitrogens is 1. The Morgan fingerprint density at radius 3 is 2.63 bits per heavy atom. The third-order valence-electron chi connectivity index (χ3n) is 2.04. The molecule has 1 amide bonds. The van der Waals surface area contributed by atoms with Gasteiger partial charge in [-0.2, -0.15) is 0 Å². The molecule has 0 aromatic carbocycles. The second kappa shape index (κ2) is 7.86. The summed E-state index contributed by atoms with van der Waals surface area (Å²) >= 11 is 0. The first-order valence-corrected chi connectivity index (χ1v) is 5.79. The van der Waals surface area contributed by atoms with Crippen molar-refractivity contribution in [2.45, 2.75) is 20.5 Å². The summed E-state index contributed by atoms with van der Waals surface area (Å²) in [6.45, 7) is 3.71. The van der Waals surface area contributed by atoms with E-state index in [0.717, 1.165) is 5.56 Å². The molecule has 6 nitrogen and oxygen atoms in total. The van der Waals surface area contributed by atoms with Crippen LogP contribution in [0, 0.1) is 0 Å². The Bertz CT molecular complexity index is 457. The molecule has 0 radical (unpaired) electrons. The van der Waals surface area contributed by atoms with Crippen LogP contribution in [0.5, 0.6) is 0 Å². The molecule has 0 aliphatic rings. The van der Waals surface area contributed by atoms with Gasteiger partial charge in [0.25, 0.3) is 0 Å². The zero-order valence-corrected chi connectivity index (χ0v) is 10.9. The maximum Gasteiger partial charge on any atom is 0.411 e. The highest BCUT2D eigenvalue weighted by molar-refractivity contribution is 5.83. The van der Waals surface area contributed by atoms with Gasteiger partial charge in [-0.05, 0) is 31.5 Å².